The minimum absolute atomic E-state index is 0.217. The van der Waals surface area contributed by atoms with Crippen molar-refractivity contribution in [1.82, 2.24) is 9.55 Å². The maximum Gasteiger partial charge on any atom is 0.129 e. The standard InChI is InChI=1S/C18H13BrN2O/c19-17-11-15(7-8-18(17)22)4-1-14-2-5-16(6-3-14)12-21-10-9-20-13-21/h2-3,5-11,13,22H,12H2. The Kier molecular flexibility index (Phi) is 4.27. The molecule has 0 fully saturated rings. The Hall–Kier alpha value is -2.51. The summed E-state index contributed by atoms with van der Waals surface area (Å²) in [7, 11) is 0. The van der Waals surface area contributed by atoms with E-state index in [1.807, 2.05) is 22.9 Å². The zero-order chi connectivity index (χ0) is 15.4. The third kappa shape index (κ3) is 3.57. The fourth-order valence-corrected chi connectivity index (χ4v) is 2.39. The number of halogens is 1. The van der Waals surface area contributed by atoms with E-state index in [-0.39, 0.29) is 5.75 Å². The van der Waals surface area contributed by atoms with Crippen LogP contribution in [0.5, 0.6) is 5.75 Å². The van der Waals surface area contributed by atoms with E-state index in [2.05, 4.69) is 44.9 Å². The van der Waals surface area contributed by atoms with Gasteiger partial charge in [-0.25, -0.2) is 4.98 Å². The van der Waals surface area contributed by atoms with Gasteiger partial charge in [-0.05, 0) is 51.8 Å². The molecule has 0 saturated carbocycles. The van der Waals surface area contributed by atoms with Crippen LogP contribution in [0.2, 0.25) is 0 Å². The van der Waals surface area contributed by atoms with Crippen molar-refractivity contribution in [2.45, 2.75) is 6.54 Å². The van der Waals surface area contributed by atoms with Crippen molar-refractivity contribution in [3.63, 3.8) is 0 Å². The summed E-state index contributed by atoms with van der Waals surface area (Å²) in [6.07, 6.45) is 5.52. The second-order valence-corrected chi connectivity index (χ2v) is 5.70. The number of aromatic nitrogens is 2. The van der Waals surface area contributed by atoms with Gasteiger partial charge in [0.15, 0.2) is 0 Å². The Morgan fingerprint density at radius 3 is 2.45 bits per heavy atom. The molecule has 0 aliphatic heterocycles. The summed E-state index contributed by atoms with van der Waals surface area (Å²) < 4.78 is 2.67. The summed E-state index contributed by atoms with van der Waals surface area (Å²) in [6.45, 7) is 0.804. The van der Waals surface area contributed by atoms with Gasteiger partial charge in [-0.2, -0.15) is 0 Å². The molecule has 1 heterocycles. The van der Waals surface area contributed by atoms with Crippen LogP contribution in [0.4, 0.5) is 0 Å². The predicted molar refractivity (Wildman–Crippen MR) is 89.6 cm³/mol. The van der Waals surface area contributed by atoms with E-state index >= 15 is 0 Å². The first-order chi connectivity index (χ1) is 10.7. The zero-order valence-corrected chi connectivity index (χ0v) is 13.3. The third-order valence-electron chi connectivity index (χ3n) is 3.18. The molecule has 0 amide bonds. The van der Waals surface area contributed by atoms with Crippen LogP contribution >= 0.6 is 15.9 Å². The summed E-state index contributed by atoms with van der Waals surface area (Å²) >= 11 is 3.28. The van der Waals surface area contributed by atoms with E-state index in [4.69, 9.17) is 0 Å². The largest absolute Gasteiger partial charge is 0.507 e. The minimum atomic E-state index is 0.217. The van der Waals surface area contributed by atoms with Crippen LogP contribution in [0.15, 0.2) is 65.7 Å². The second-order valence-electron chi connectivity index (χ2n) is 4.85. The van der Waals surface area contributed by atoms with Crippen LogP contribution in [0.25, 0.3) is 0 Å². The summed E-state index contributed by atoms with van der Waals surface area (Å²) in [5.74, 6) is 6.43. The van der Waals surface area contributed by atoms with Crippen LogP contribution in [0.1, 0.15) is 16.7 Å². The Bertz CT molecular complexity index is 828. The number of hydrogen-bond acceptors (Lipinski definition) is 2. The van der Waals surface area contributed by atoms with E-state index in [1.54, 1.807) is 30.7 Å². The van der Waals surface area contributed by atoms with Gasteiger partial charge in [-0.3, -0.25) is 0 Å². The first-order valence-corrected chi connectivity index (χ1v) is 7.55. The second kappa shape index (κ2) is 6.50. The number of benzene rings is 2. The number of imidazole rings is 1. The molecule has 3 nitrogen and oxygen atoms in total. The molecule has 0 unspecified atom stereocenters. The lowest BCUT2D eigenvalue weighted by Crippen LogP contribution is -1.95. The van der Waals surface area contributed by atoms with Crippen molar-refractivity contribution in [3.8, 4) is 17.6 Å². The topological polar surface area (TPSA) is 38.0 Å². The fraction of sp³-hybridized carbons (Fsp3) is 0.0556. The van der Waals surface area contributed by atoms with Gasteiger partial charge in [-0.1, -0.05) is 24.0 Å². The monoisotopic (exact) mass is 352 g/mol. The highest BCUT2D eigenvalue weighted by atomic mass is 79.9. The molecule has 0 aliphatic rings. The summed E-state index contributed by atoms with van der Waals surface area (Å²) in [5, 5.41) is 9.46. The van der Waals surface area contributed by atoms with Crippen LogP contribution in [-0.2, 0) is 6.54 Å². The Morgan fingerprint density at radius 1 is 1.05 bits per heavy atom. The van der Waals surface area contributed by atoms with Crippen molar-refractivity contribution in [2.24, 2.45) is 0 Å². The number of aromatic hydroxyl groups is 1. The quantitative estimate of drug-likeness (QED) is 0.712. The molecule has 0 atom stereocenters. The molecule has 108 valence electrons. The van der Waals surface area contributed by atoms with Crippen LogP contribution in [0.3, 0.4) is 0 Å². The molecular formula is C18H13BrN2O. The predicted octanol–water partition coefficient (Wildman–Crippen LogP) is 3.80. The Labute approximate surface area is 137 Å². The zero-order valence-electron chi connectivity index (χ0n) is 11.7. The smallest absolute Gasteiger partial charge is 0.129 e. The number of phenols is 1. The maximum absolute atomic E-state index is 9.46. The Balaban J connectivity index is 1.73. The molecule has 0 saturated heterocycles. The van der Waals surface area contributed by atoms with E-state index < -0.39 is 0 Å². The normalized spacial score (nSPS) is 10.0. The first kappa shape index (κ1) is 14.4. The number of nitrogens with zero attached hydrogens (tertiary/aromatic N) is 2. The SMILES string of the molecule is Oc1ccc(C#Cc2ccc(Cn3ccnc3)cc2)cc1Br. The van der Waals surface area contributed by atoms with E-state index in [9.17, 15) is 5.11 Å². The summed E-state index contributed by atoms with van der Waals surface area (Å²) in [5.41, 5.74) is 3.02. The van der Waals surface area contributed by atoms with Crippen molar-refractivity contribution < 1.29 is 5.11 Å². The van der Waals surface area contributed by atoms with Crippen molar-refractivity contribution in [1.29, 1.82) is 0 Å². The van der Waals surface area contributed by atoms with E-state index in [0.717, 1.165) is 17.7 Å². The molecule has 0 bridgehead atoms. The van der Waals surface area contributed by atoms with Gasteiger partial charge in [0.25, 0.3) is 0 Å². The van der Waals surface area contributed by atoms with Crippen molar-refractivity contribution in [3.05, 3.63) is 82.3 Å². The molecule has 22 heavy (non-hydrogen) atoms. The van der Waals surface area contributed by atoms with Gasteiger partial charge in [-0.15, -0.1) is 0 Å². The molecule has 3 aromatic rings. The maximum atomic E-state index is 9.46. The number of phenolic OH excluding ortho intramolecular Hbond substituents is 1. The van der Waals surface area contributed by atoms with E-state index in [1.165, 1.54) is 5.56 Å². The van der Waals surface area contributed by atoms with Gasteiger partial charge < -0.3 is 9.67 Å². The molecule has 2 aromatic carbocycles. The highest BCUT2D eigenvalue weighted by Crippen LogP contribution is 2.23. The van der Waals surface area contributed by atoms with Crippen LogP contribution in [-0.4, -0.2) is 14.7 Å². The highest BCUT2D eigenvalue weighted by molar-refractivity contribution is 9.10. The average Bonchev–Trinajstić information content (AvgIpc) is 3.03. The highest BCUT2D eigenvalue weighted by Gasteiger charge is 1.97. The molecule has 1 N–H and O–H groups in total. The molecule has 1 aromatic heterocycles. The van der Waals surface area contributed by atoms with Gasteiger partial charge in [0.1, 0.15) is 5.75 Å². The number of hydrogen-bond donors (Lipinski definition) is 1. The fourth-order valence-electron chi connectivity index (χ4n) is 2.01. The Morgan fingerprint density at radius 2 is 1.77 bits per heavy atom. The van der Waals surface area contributed by atoms with Crippen molar-refractivity contribution >= 4 is 15.9 Å². The van der Waals surface area contributed by atoms with E-state index in [0.29, 0.717) is 4.47 Å². The average molecular weight is 353 g/mol. The first-order valence-electron chi connectivity index (χ1n) is 6.76. The van der Waals surface area contributed by atoms with Crippen LogP contribution in [0, 0.1) is 11.8 Å². The van der Waals surface area contributed by atoms with Gasteiger partial charge in [0, 0.05) is 30.1 Å². The number of rotatable bonds is 2. The molecule has 0 radical (unpaired) electrons. The third-order valence-corrected chi connectivity index (χ3v) is 3.81. The van der Waals surface area contributed by atoms with Gasteiger partial charge >= 0.3 is 0 Å². The molecular weight excluding hydrogens is 340 g/mol. The van der Waals surface area contributed by atoms with Gasteiger partial charge in [0.2, 0.25) is 0 Å². The summed E-state index contributed by atoms with van der Waals surface area (Å²) in [4.78, 5) is 4.03. The van der Waals surface area contributed by atoms with Crippen LogP contribution < -0.4 is 0 Å². The lowest BCUT2D eigenvalue weighted by Gasteiger charge is -2.02. The van der Waals surface area contributed by atoms with Gasteiger partial charge in [0.05, 0.1) is 10.8 Å². The van der Waals surface area contributed by atoms with Crippen molar-refractivity contribution in [2.75, 3.05) is 0 Å². The molecule has 3 rings (SSSR count). The lowest BCUT2D eigenvalue weighted by atomic mass is 10.1. The molecule has 0 aliphatic carbocycles. The lowest BCUT2D eigenvalue weighted by molar-refractivity contribution is 0.472. The molecule has 4 heteroatoms. The minimum Gasteiger partial charge on any atom is -0.507 e. The molecule has 0 spiro atoms. The summed E-state index contributed by atoms with van der Waals surface area (Å²) in [6, 6.07) is 13.4.